The van der Waals surface area contributed by atoms with Crippen LogP contribution in [0.3, 0.4) is 0 Å². The Morgan fingerprint density at radius 1 is 1.24 bits per heavy atom. The lowest BCUT2D eigenvalue weighted by atomic mass is 9.77. The first-order chi connectivity index (χ1) is 8.22. The normalized spacial score (nSPS) is 26.7. The highest BCUT2D eigenvalue weighted by Crippen LogP contribution is 2.39. The Hall–Kier alpha value is -1.02. The third-order valence-electron chi connectivity index (χ3n) is 4.23. The van der Waals surface area contributed by atoms with Crippen LogP contribution in [0, 0.1) is 11.8 Å². The molecule has 1 aromatic carbocycles. The van der Waals surface area contributed by atoms with Gasteiger partial charge in [0.05, 0.1) is 6.10 Å². The molecule has 2 heteroatoms. The first-order valence-electron chi connectivity index (χ1n) is 6.74. The summed E-state index contributed by atoms with van der Waals surface area (Å²) in [4.78, 5) is 0. The highest BCUT2D eigenvalue weighted by molar-refractivity contribution is 5.47. The van der Waals surface area contributed by atoms with Crippen molar-refractivity contribution in [3.05, 3.63) is 29.8 Å². The van der Waals surface area contributed by atoms with Crippen LogP contribution in [0.15, 0.2) is 24.3 Å². The summed E-state index contributed by atoms with van der Waals surface area (Å²) in [5, 5.41) is 10.4. The largest absolute Gasteiger partial charge is 0.398 e. The van der Waals surface area contributed by atoms with Gasteiger partial charge in [-0.15, -0.1) is 0 Å². The number of anilines is 1. The molecule has 0 aliphatic heterocycles. The van der Waals surface area contributed by atoms with Gasteiger partial charge in [0, 0.05) is 11.3 Å². The van der Waals surface area contributed by atoms with Crippen molar-refractivity contribution in [1.29, 1.82) is 0 Å². The quantitative estimate of drug-likeness (QED) is 0.785. The number of benzene rings is 1. The molecule has 0 saturated heterocycles. The van der Waals surface area contributed by atoms with E-state index in [2.05, 4.69) is 6.92 Å². The van der Waals surface area contributed by atoms with Crippen molar-refractivity contribution >= 4 is 5.69 Å². The number of rotatable bonds is 3. The van der Waals surface area contributed by atoms with Crippen LogP contribution in [0.2, 0.25) is 0 Å². The highest BCUT2D eigenvalue weighted by atomic mass is 16.3. The zero-order chi connectivity index (χ0) is 12.3. The van der Waals surface area contributed by atoms with Gasteiger partial charge in [-0.3, -0.25) is 0 Å². The molecular weight excluding hydrogens is 210 g/mol. The number of para-hydroxylation sites is 1. The third kappa shape index (κ3) is 2.81. The van der Waals surface area contributed by atoms with Gasteiger partial charge >= 0.3 is 0 Å². The van der Waals surface area contributed by atoms with E-state index in [0.717, 1.165) is 30.0 Å². The highest BCUT2D eigenvalue weighted by Gasteiger charge is 2.27. The molecule has 0 amide bonds. The van der Waals surface area contributed by atoms with Gasteiger partial charge in [0.15, 0.2) is 0 Å². The maximum absolute atomic E-state index is 10.4. The van der Waals surface area contributed by atoms with Crippen molar-refractivity contribution in [2.24, 2.45) is 11.8 Å². The molecule has 1 saturated carbocycles. The van der Waals surface area contributed by atoms with Gasteiger partial charge in [-0.25, -0.2) is 0 Å². The summed E-state index contributed by atoms with van der Waals surface area (Å²) in [6.45, 7) is 2.26. The maximum atomic E-state index is 10.4. The zero-order valence-electron chi connectivity index (χ0n) is 10.6. The second-order valence-corrected chi connectivity index (χ2v) is 5.26. The van der Waals surface area contributed by atoms with E-state index in [1.807, 2.05) is 24.3 Å². The SMILES string of the molecule is CCC1CCC(C(O)c2ccccc2N)CC1. The van der Waals surface area contributed by atoms with Gasteiger partial charge < -0.3 is 10.8 Å². The number of hydrogen-bond acceptors (Lipinski definition) is 2. The molecule has 0 bridgehead atoms. The average Bonchev–Trinajstić information content (AvgIpc) is 2.39. The molecule has 1 aromatic rings. The van der Waals surface area contributed by atoms with Crippen LogP contribution in [0.25, 0.3) is 0 Å². The zero-order valence-corrected chi connectivity index (χ0v) is 10.6. The first-order valence-corrected chi connectivity index (χ1v) is 6.74. The molecule has 1 aliphatic carbocycles. The molecule has 0 heterocycles. The fraction of sp³-hybridized carbons (Fsp3) is 0.600. The lowest BCUT2D eigenvalue weighted by molar-refractivity contribution is 0.0735. The van der Waals surface area contributed by atoms with Gasteiger partial charge in [0.2, 0.25) is 0 Å². The molecule has 0 radical (unpaired) electrons. The van der Waals surface area contributed by atoms with E-state index in [9.17, 15) is 5.11 Å². The number of nitrogen functional groups attached to an aromatic ring is 1. The third-order valence-corrected chi connectivity index (χ3v) is 4.23. The predicted octanol–water partition coefficient (Wildman–Crippen LogP) is 3.52. The molecule has 2 nitrogen and oxygen atoms in total. The fourth-order valence-electron chi connectivity index (χ4n) is 2.95. The molecule has 3 N–H and O–H groups in total. The van der Waals surface area contributed by atoms with E-state index < -0.39 is 0 Å². The van der Waals surface area contributed by atoms with E-state index in [0.29, 0.717) is 5.92 Å². The van der Waals surface area contributed by atoms with Gasteiger partial charge in [0.25, 0.3) is 0 Å². The molecule has 1 fully saturated rings. The van der Waals surface area contributed by atoms with Crippen molar-refractivity contribution in [3.63, 3.8) is 0 Å². The van der Waals surface area contributed by atoms with E-state index in [1.165, 1.54) is 19.3 Å². The summed E-state index contributed by atoms with van der Waals surface area (Å²) in [6.07, 6.45) is 5.67. The molecule has 17 heavy (non-hydrogen) atoms. The van der Waals surface area contributed by atoms with Crippen LogP contribution in [-0.4, -0.2) is 5.11 Å². The minimum Gasteiger partial charge on any atom is -0.398 e. The van der Waals surface area contributed by atoms with Crippen LogP contribution in [0.5, 0.6) is 0 Å². The fourth-order valence-corrected chi connectivity index (χ4v) is 2.95. The number of hydrogen-bond donors (Lipinski definition) is 2. The maximum Gasteiger partial charge on any atom is 0.0838 e. The second kappa shape index (κ2) is 5.54. The molecule has 1 unspecified atom stereocenters. The molecule has 0 aromatic heterocycles. The van der Waals surface area contributed by atoms with Crippen molar-refractivity contribution in [1.82, 2.24) is 0 Å². The van der Waals surface area contributed by atoms with Crippen molar-refractivity contribution < 1.29 is 5.11 Å². The van der Waals surface area contributed by atoms with E-state index >= 15 is 0 Å². The van der Waals surface area contributed by atoms with Crippen LogP contribution < -0.4 is 5.73 Å². The van der Waals surface area contributed by atoms with Gasteiger partial charge in [0.1, 0.15) is 0 Å². The molecule has 1 atom stereocenters. The van der Waals surface area contributed by atoms with Gasteiger partial charge in [-0.05, 0) is 30.7 Å². The number of aliphatic hydroxyl groups excluding tert-OH is 1. The lowest BCUT2D eigenvalue weighted by Crippen LogP contribution is -2.20. The molecular formula is C15H23NO. The number of aliphatic hydroxyl groups is 1. The van der Waals surface area contributed by atoms with Crippen molar-refractivity contribution in [2.45, 2.75) is 45.1 Å². The Morgan fingerprint density at radius 3 is 2.47 bits per heavy atom. The first kappa shape index (κ1) is 12.4. The summed E-state index contributed by atoms with van der Waals surface area (Å²) in [7, 11) is 0. The minimum absolute atomic E-state index is 0.381. The monoisotopic (exact) mass is 233 g/mol. The Morgan fingerprint density at radius 2 is 1.88 bits per heavy atom. The summed E-state index contributed by atoms with van der Waals surface area (Å²) in [6, 6.07) is 7.69. The Bertz CT molecular complexity index is 356. The van der Waals surface area contributed by atoms with Gasteiger partial charge in [-0.1, -0.05) is 44.4 Å². The van der Waals surface area contributed by atoms with Crippen molar-refractivity contribution in [2.75, 3.05) is 5.73 Å². The molecule has 94 valence electrons. The van der Waals surface area contributed by atoms with Crippen LogP contribution in [-0.2, 0) is 0 Å². The van der Waals surface area contributed by atoms with E-state index in [-0.39, 0.29) is 6.10 Å². The topological polar surface area (TPSA) is 46.2 Å². The van der Waals surface area contributed by atoms with Crippen molar-refractivity contribution in [3.8, 4) is 0 Å². The predicted molar refractivity (Wildman–Crippen MR) is 71.6 cm³/mol. The number of nitrogens with two attached hydrogens (primary N) is 1. The minimum atomic E-state index is -0.381. The Labute approximate surface area is 104 Å². The average molecular weight is 233 g/mol. The Balaban J connectivity index is 2.02. The standard InChI is InChI=1S/C15H23NO/c1-2-11-7-9-12(10-8-11)15(17)13-5-3-4-6-14(13)16/h3-6,11-12,15,17H,2,7-10,16H2,1H3. The molecule has 1 aliphatic rings. The van der Waals surface area contributed by atoms with Crippen LogP contribution in [0.1, 0.15) is 50.7 Å². The Kier molecular flexibility index (Phi) is 4.06. The van der Waals surface area contributed by atoms with Gasteiger partial charge in [-0.2, -0.15) is 0 Å². The summed E-state index contributed by atoms with van der Waals surface area (Å²) >= 11 is 0. The molecule has 2 rings (SSSR count). The summed E-state index contributed by atoms with van der Waals surface area (Å²) < 4.78 is 0. The van der Waals surface area contributed by atoms with E-state index in [1.54, 1.807) is 0 Å². The van der Waals surface area contributed by atoms with Crippen LogP contribution in [0.4, 0.5) is 5.69 Å². The lowest BCUT2D eigenvalue weighted by Gasteiger charge is -2.31. The second-order valence-electron chi connectivity index (χ2n) is 5.26. The summed E-state index contributed by atoms with van der Waals surface area (Å²) in [5.74, 6) is 1.26. The van der Waals surface area contributed by atoms with Crippen LogP contribution >= 0.6 is 0 Å². The van der Waals surface area contributed by atoms with E-state index in [4.69, 9.17) is 5.73 Å². The smallest absolute Gasteiger partial charge is 0.0838 e. The summed E-state index contributed by atoms with van der Waals surface area (Å²) in [5.41, 5.74) is 7.55. The molecule has 0 spiro atoms.